The molecule has 1 heterocycles. The van der Waals surface area contributed by atoms with E-state index in [0.29, 0.717) is 17.1 Å². The second-order valence-corrected chi connectivity index (χ2v) is 6.74. The van der Waals surface area contributed by atoms with Crippen molar-refractivity contribution in [2.45, 2.75) is 13.0 Å². The Morgan fingerprint density at radius 1 is 1.20 bits per heavy atom. The van der Waals surface area contributed by atoms with Gasteiger partial charge < -0.3 is 10.1 Å². The van der Waals surface area contributed by atoms with E-state index in [1.54, 1.807) is 24.3 Å². The standard InChI is InChI=1S/C20H23ClN2O2/c1-15-4-2-5-16(12-15)19(23-8-10-25-11-9-23)14-22-20(24)17-6-3-7-18(21)13-17/h2-7,12-13,19H,8-11,14H2,1H3,(H,22,24). The predicted octanol–water partition coefficient (Wildman–Crippen LogP) is 3.45. The maximum atomic E-state index is 12.5. The highest BCUT2D eigenvalue weighted by molar-refractivity contribution is 6.30. The first-order chi connectivity index (χ1) is 12.1. The van der Waals surface area contributed by atoms with E-state index in [-0.39, 0.29) is 11.9 Å². The summed E-state index contributed by atoms with van der Waals surface area (Å²) >= 11 is 5.98. The Morgan fingerprint density at radius 2 is 1.96 bits per heavy atom. The van der Waals surface area contributed by atoms with Crippen LogP contribution in [-0.2, 0) is 4.74 Å². The van der Waals surface area contributed by atoms with E-state index in [0.717, 1.165) is 26.3 Å². The fourth-order valence-corrected chi connectivity index (χ4v) is 3.34. The molecule has 0 saturated carbocycles. The third-order valence-electron chi connectivity index (χ3n) is 4.46. The first kappa shape index (κ1) is 17.9. The molecule has 0 aromatic heterocycles. The number of carbonyl (C=O) groups excluding carboxylic acids is 1. The molecule has 0 radical (unpaired) electrons. The van der Waals surface area contributed by atoms with Crippen LogP contribution in [0.15, 0.2) is 48.5 Å². The number of nitrogens with zero attached hydrogens (tertiary/aromatic N) is 1. The average molecular weight is 359 g/mol. The van der Waals surface area contributed by atoms with Crippen molar-refractivity contribution in [1.82, 2.24) is 10.2 Å². The van der Waals surface area contributed by atoms with Crippen LogP contribution in [0.1, 0.15) is 27.5 Å². The smallest absolute Gasteiger partial charge is 0.251 e. The number of benzene rings is 2. The molecule has 4 nitrogen and oxygen atoms in total. The molecule has 5 heteroatoms. The van der Waals surface area contributed by atoms with Gasteiger partial charge in [0.05, 0.1) is 19.3 Å². The van der Waals surface area contributed by atoms with Crippen LogP contribution >= 0.6 is 11.6 Å². The summed E-state index contributed by atoms with van der Waals surface area (Å²) in [7, 11) is 0. The Kier molecular flexibility index (Phi) is 6.08. The minimum atomic E-state index is -0.103. The molecule has 1 atom stereocenters. The maximum Gasteiger partial charge on any atom is 0.251 e. The van der Waals surface area contributed by atoms with Gasteiger partial charge in [-0.1, -0.05) is 47.5 Å². The van der Waals surface area contributed by atoms with Gasteiger partial charge in [-0.2, -0.15) is 0 Å². The van der Waals surface area contributed by atoms with E-state index >= 15 is 0 Å². The van der Waals surface area contributed by atoms with Crippen molar-refractivity contribution >= 4 is 17.5 Å². The molecule has 1 aliphatic rings. The molecule has 25 heavy (non-hydrogen) atoms. The van der Waals surface area contributed by atoms with Gasteiger partial charge in [0.25, 0.3) is 5.91 Å². The Balaban J connectivity index is 1.74. The van der Waals surface area contributed by atoms with Crippen LogP contribution in [0.25, 0.3) is 0 Å². The van der Waals surface area contributed by atoms with Gasteiger partial charge in [0.1, 0.15) is 0 Å². The van der Waals surface area contributed by atoms with Crippen LogP contribution < -0.4 is 5.32 Å². The normalized spacial score (nSPS) is 16.4. The van der Waals surface area contributed by atoms with Crippen molar-refractivity contribution in [2.24, 2.45) is 0 Å². The molecule has 0 spiro atoms. The van der Waals surface area contributed by atoms with E-state index in [2.05, 4.69) is 41.4 Å². The Labute approximate surface area is 153 Å². The van der Waals surface area contributed by atoms with Crippen LogP contribution in [0.4, 0.5) is 0 Å². The molecule has 3 rings (SSSR count). The van der Waals surface area contributed by atoms with E-state index in [1.807, 2.05) is 0 Å². The minimum Gasteiger partial charge on any atom is -0.379 e. The molecule has 0 bridgehead atoms. The lowest BCUT2D eigenvalue weighted by Gasteiger charge is -2.35. The molecular weight excluding hydrogens is 336 g/mol. The monoisotopic (exact) mass is 358 g/mol. The van der Waals surface area contributed by atoms with Crippen molar-refractivity contribution in [3.05, 3.63) is 70.2 Å². The molecule has 1 N–H and O–H groups in total. The van der Waals surface area contributed by atoms with Crippen LogP contribution in [-0.4, -0.2) is 43.7 Å². The van der Waals surface area contributed by atoms with Crippen molar-refractivity contribution in [3.8, 4) is 0 Å². The van der Waals surface area contributed by atoms with Gasteiger partial charge in [-0.25, -0.2) is 0 Å². The van der Waals surface area contributed by atoms with E-state index in [9.17, 15) is 4.79 Å². The van der Waals surface area contributed by atoms with Crippen molar-refractivity contribution in [1.29, 1.82) is 0 Å². The highest BCUT2D eigenvalue weighted by atomic mass is 35.5. The van der Waals surface area contributed by atoms with Gasteiger partial charge in [-0.15, -0.1) is 0 Å². The summed E-state index contributed by atoms with van der Waals surface area (Å²) in [6, 6.07) is 15.6. The second kappa shape index (κ2) is 8.48. The van der Waals surface area contributed by atoms with Gasteiger partial charge in [0.15, 0.2) is 0 Å². The number of hydrogen-bond acceptors (Lipinski definition) is 3. The third-order valence-corrected chi connectivity index (χ3v) is 4.69. The van der Waals surface area contributed by atoms with Gasteiger partial charge in [0, 0.05) is 30.2 Å². The highest BCUT2D eigenvalue weighted by Crippen LogP contribution is 2.22. The van der Waals surface area contributed by atoms with Gasteiger partial charge >= 0.3 is 0 Å². The minimum absolute atomic E-state index is 0.103. The number of morpholine rings is 1. The molecule has 132 valence electrons. The van der Waals surface area contributed by atoms with E-state index < -0.39 is 0 Å². The fraction of sp³-hybridized carbons (Fsp3) is 0.350. The SMILES string of the molecule is Cc1cccc(C(CNC(=O)c2cccc(Cl)c2)N2CCOCC2)c1. The van der Waals surface area contributed by atoms with Crippen LogP contribution in [0, 0.1) is 6.92 Å². The second-order valence-electron chi connectivity index (χ2n) is 6.30. The summed E-state index contributed by atoms with van der Waals surface area (Å²) in [5.41, 5.74) is 3.02. The number of rotatable bonds is 5. The number of nitrogens with one attached hydrogen (secondary N) is 1. The molecule has 0 aliphatic carbocycles. The lowest BCUT2D eigenvalue weighted by molar-refractivity contribution is 0.0162. The van der Waals surface area contributed by atoms with Gasteiger partial charge in [0.2, 0.25) is 0 Å². The van der Waals surface area contributed by atoms with Crippen molar-refractivity contribution in [3.63, 3.8) is 0 Å². The summed E-state index contributed by atoms with van der Waals surface area (Å²) in [6.45, 7) is 5.83. The summed E-state index contributed by atoms with van der Waals surface area (Å²) in [6.07, 6.45) is 0. The van der Waals surface area contributed by atoms with Crippen LogP contribution in [0.2, 0.25) is 5.02 Å². The maximum absolute atomic E-state index is 12.5. The summed E-state index contributed by atoms with van der Waals surface area (Å²) in [5.74, 6) is -0.103. The molecule has 2 aromatic carbocycles. The summed E-state index contributed by atoms with van der Waals surface area (Å²) < 4.78 is 5.47. The number of amides is 1. The topological polar surface area (TPSA) is 41.6 Å². The van der Waals surface area contributed by atoms with Crippen molar-refractivity contribution < 1.29 is 9.53 Å². The van der Waals surface area contributed by atoms with E-state index in [4.69, 9.17) is 16.3 Å². The van der Waals surface area contributed by atoms with Crippen LogP contribution in [0.5, 0.6) is 0 Å². The largest absolute Gasteiger partial charge is 0.379 e. The Hall–Kier alpha value is -1.88. The molecule has 1 unspecified atom stereocenters. The first-order valence-corrected chi connectivity index (χ1v) is 8.93. The average Bonchev–Trinajstić information content (AvgIpc) is 2.63. The lowest BCUT2D eigenvalue weighted by Crippen LogP contribution is -2.43. The lowest BCUT2D eigenvalue weighted by atomic mass is 10.0. The highest BCUT2D eigenvalue weighted by Gasteiger charge is 2.23. The molecular formula is C20H23ClN2O2. The molecule has 1 amide bonds. The summed E-state index contributed by atoms with van der Waals surface area (Å²) in [5, 5.41) is 3.63. The number of aryl methyl sites for hydroxylation is 1. The van der Waals surface area contributed by atoms with Gasteiger partial charge in [-0.05, 0) is 30.7 Å². The molecule has 1 fully saturated rings. The molecule has 1 saturated heterocycles. The fourth-order valence-electron chi connectivity index (χ4n) is 3.15. The van der Waals surface area contributed by atoms with Gasteiger partial charge in [-0.3, -0.25) is 9.69 Å². The third kappa shape index (κ3) is 4.82. The van der Waals surface area contributed by atoms with Crippen LogP contribution in [0.3, 0.4) is 0 Å². The predicted molar refractivity (Wildman–Crippen MR) is 100 cm³/mol. The van der Waals surface area contributed by atoms with E-state index in [1.165, 1.54) is 11.1 Å². The Morgan fingerprint density at radius 3 is 2.68 bits per heavy atom. The number of carbonyl (C=O) groups is 1. The number of hydrogen-bond donors (Lipinski definition) is 1. The Bertz CT molecular complexity index is 729. The quantitative estimate of drug-likeness (QED) is 0.890. The first-order valence-electron chi connectivity index (χ1n) is 8.55. The summed E-state index contributed by atoms with van der Waals surface area (Å²) in [4.78, 5) is 14.8. The zero-order valence-electron chi connectivity index (χ0n) is 14.4. The zero-order valence-corrected chi connectivity index (χ0v) is 15.1. The molecule has 1 aliphatic heterocycles. The number of halogens is 1. The number of ether oxygens (including phenoxy) is 1. The van der Waals surface area contributed by atoms with Crippen molar-refractivity contribution in [2.75, 3.05) is 32.8 Å². The molecule has 2 aromatic rings. The zero-order chi connectivity index (χ0) is 17.6.